The quantitative estimate of drug-likeness (QED) is 0.349. The molecule has 0 atom stereocenters. The van der Waals surface area contributed by atoms with Gasteiger partial charge in [0.05, 0.1) is 0 Å². The first kappa shape index (κ1) is 8.75. The van der Waals surface area contributed by atoms with Gasteiger partial charge in [0.1, 0.15) is 0 Å². The maximum atomic E-state index is 4.98. The Morgan fingerprint density at radius 3 is 2.09 bits per heavy atom. The Kier molecular flexibility index (Phi) is 2.08. The van der Waals surface area contributed by atoms with Crippen molar-refractivity contribution in [2.24, 2.45) is 5.41 Å². The van der Waals surface area contributed by atoms with Gasteiger partial charge in [-0.15, -0.1) is 0 Å². The Hall–Kier alpha value is -0.340. The Balaban J connectivity index is 2.61. The standard InChI is InChI=1S/C9H16O2/c1-5-6-7-9(10-11-9)8(2,3)4/h6-7H,5H2,1-4H3. The molecule has 0 radical (unpaired) electrons. The van der Waals surface area contributed by atoms with Gasteiger partial charge in [-0.1, -0.05) is 33.8 Å². The van der Waals surface area contributed by atoms with Crippen LogP contribution in [0.4, 0.5) is 0 Å². The highest BCUT2D eigenvalue weighted by atomic mass is 17.4. The summed E-state index contributed by atoms with van der Waals surface area (Å²) in [6.45, 7) is 8.38. The van der Waals surface area contributed by atoms with Crippen LogP contribution in [0, 0.1) is 5.41 Å². The molecule has 1 heterocycles. The fourth-order valence-corrected chi connectivity index (χ4v) is 0.873. The largest absolute Gasteiger partial charge is 0.257 e. The van der Waals surface area contributed by atoms with E-state index in [9.17, 15) is 0 Å². The smallest absolute Gasteiger partial charge is 0.189 e. The van der Waals surface area contributed by atoms with Gasteiger partial charge in [0.15, 0.2) is 0 Å². The van der Waals surface area contributed by atoms with Crippen LogP contribution in [0.5, 0.6) is 0 Å². The van der Waals surface area contributed by atoms with E-state index in [0.717, 1.165) is 6.42 Å². The van der Waals surface area contributed by atoms with Crippen molar-refractivity contribution in [3.05, 3.63) is 12.2 Å². The number of allylic oxidation sites excluding steroid dienone is 1. The number of hydrogen-bond donors (Lipinski definition) is 0. The maximum absolute atomic E-state index is 4.98. The Morgan fingerprint density at radius 1 is 1.27 bits per heavy atom. The van der Waals surface area contributed by atoms with Gasteiger partial charge in [-0.25, -0.2) is 0 Å². The van der Waals surface area contributed by atoms with Crippen LogP contribution in [0.1, 0.15) is 34.1 Å². The van der Waals surface area contributed by atoms with E-state index in [1.165, 1.54) is 0 Å². The molecule has 2 nitrogen and oxygen atoms in total. The molecule has 0 aromatic carbocycles. The minimum atomic E-state index is -0.441. The Labute approximate surface area is 68.1 Å². The highest BCUT2D eigenvalue weighted by Crippen LogP contribution is 2.46. The van der Waals surface area contributed by atoms with Gasteiger partial charge in [-0.2, -0.15) is 9.78 Å². The molecule has 0 aromatic heterocycles. The van der Waals surface area contributed by atoms with E-state index >= 15 is 0 Å². The van der Waals surface area contributed by atoms with Crippen LogP contribution in [0.2, 0.25) is 0 Å². The lowest BCUT2D eigenvalue weighted by molar-refractivity contribution is 0.0850. The SMILES string of the molecule is CCC=CC1(C(C)(C)C)OO1. The summed E-state index contributed by atoms with van der Waals surface area (Å²) in [5.74, 6) is -0.441. The molecule has 0 saturated carbocycles. The average molecular weight is 156 g/mol. The summed E-state index contributed by atoms with van der Waals surface area (Å²) in [6, 6.07) is 0. The number of hydrogen-bond acceptors (Lipinski definition) is 2. The topological polar surface area (TPSA) is 25.1 Å². The minimum Gasteiger partial charge on any atom is -0.189 e. The van der Waals surface area contributed by atoms with Gasteiger partial charge < -0.3 is 0 Å². The predicted molar refractivity (Wildman–Crippen MR) is 43.8 cm³/mol. The number of rotatable bonds is 2. The van der Waals surface area contributed by atoms with Crippen LogP contribution < -0.4 is 0 Å². The van der Waals surface area contributed by atoms with Crippen LogP contribution in [-0.4, -0.2) is 5.79 Å². The van der Waals surface area contributed by atoms with Crippen LogP contribution in [0.25, 0.3) is 0 Å². The van der Waals surface area contributed by atoms with Crippen molar-refractivity contribution in [3.63, 3.8) is 0 Å². The third kappa shape index (κ3) is 1.63. The molecular weight excluding hydrogens is 140 g/mol. The van der Waals surface area contributed by atoms with E-state index in [0.29, 0.717) is 0 Å². The third-order valence-corrected chi connectivity index (χ3v) is 1.88. The first-order valence-electron chi connectivity index (χ1n) is 4.06. The zero-order chi connectivity index (χ0) is 8.54. The molecule has 0 bridgehead atoms. The molecule has 1 fully saturated rings. The molecule has 0 spiro atoms. The zero-order valence-electron chi connectivity index (χ0n) is 7.68. The molecule has 1 saturated heterocycles. The van der Waals surface area contributed by atoms with Crippen LogP contribution in [-0.2, 0) is 9.78 Å². The summed E-state index contributed by atoms with van der Waals surface area (Å²) in [7, 11) is 0. The van der Waals surface area contributed by atoms with Gasteiger partial charge in [0.25, 0.3) is 5.79 Å². The Morgan fingerprint density at radius 2 is 1.82 bits per heavy atom. The highest BCUT2D eigenvalue weighted by Gasteiger charge is 2.56. The zero-order valence-corrected chi connectivity index (χ0v) is 7.68. The molecule has 11 heavy (non-hydrogen) atoms. The normalized spacial score (nSPS) is 22.5. The van der Waals surface area contributed by atoms with Crippen molar-refractivity contribution in [2.75, 3.05) is 0 Å². The lowest BCUT2D eigenvalue weighted by Crippen LogP contribution is -2.27. The summed E-state index contributed by atoms with van der Waals surface area (Å²) >= 11 is 0. The highest BCUT2D eigenvalue weighted by molar-refractivity contribution is 5.05. The second kappa shape index (κ2) is 2.61. The van der Waals surface area contributed by atoms with E-state index in [4.69, 9.17) is 9.78 Å². The van der Waals surface area contributed by atoms with Gasteiger partial charge in [-0.05, 0) is 12.5 Å². The minimum absolute atomic E-state index is 0.0265. The summed E-state index contributed by atoms with van der Waals surface area (Å²) in [5.41, 5.74) is 0.0265. The van der Waals surface area contributed by atoms with Gasteiger partial charge >= 0.3 is 0 Å². The van der Waals surface area contributed by atoms with Crippen molar-refractivity contribution in [1.29, 1.82) is 0 Å². The van der Waals surface area contributed by atoms with Crippen LogP contribution >= 0.6 is 0 Å². The maximum Gasteiger partial charge on any atom is 0.257 e. The van der Waals surface area contributed by atoms with E-state index in [-0.39, 0.29) is 5.41 Å². The molecule has 1 aliphatic heterocycles. The van der Waals surface area contributed by atoms with Crippen molar-refractivity contribution in [1.82, 2.24) is 0 Å². The lowest BCUT2D eigenvalue weighted by Gasteiger charge is -2.19. The second-order valence-electron chi connectivity index (χ2n) is 3.89. The van der Waals surface area contributed by atoms with E-state index in [1.807, 2.05) is 6.08 Å². The molecular formula is C9H16O2. The first-order valence-corrected chi connectivity index (χ1v) is 4.06. The molecule has 1 aliphatic rings. The molecule has 2 heteroatoms. The van der Waals surface area contributed by atoms with E-state index < -0.39 is 5.79 Å². The first-order chi connectivity index (χ1) is 5.02. The van der Waals surface area contributed by atoms with Crippen molar-refractivity contribution < 1.29 is 9.78 Å². The van der Waals surface area contributed by atoms with Gasteiger partial charge in [0.2, 0.25) is 0 Å². The fraction of sp³-hybridized carbons (Fsp3) is 0.778. The monoisotopic (exact) mass is 156 g/mol. The molecule has 0 unspecified atom stereocenters. The van der Waals surface area contributed by atoms with Gasteiger partial charge in [-0.3, -0.25) is 0 Å². The molecule has 0 N–H and O–H groups in total. The van der Waals surface area contributed by atoms with E-state index in [2.05, 4.69) is 33.8 Å². The summed E-state index contributed by atoms with van der Waals surface area (Å²) < 4.78 is 0. The predicted octanol–water partition coefficient (Wildman–Crippen LogP) is 2.66. The second-order valence-corrected chi connectivity index (χ2v) is 3.89. The fourth-order valence-electron chi connectivity index (χ4n) is 0.873. The molecule has 0 aromatic rings. The van der Waals surface area contributed by atoms with Crippen LogP contribution in [0.15, 0.2) is 12.2 Å². The van der Waals surface area contributed by atoms with Crippen molar-refractivity contribution in [3.8, 4) is 0 Å². The Bertz CT molecular complexity index is 161. The third-order valence-electron chi connectivity index (χ3n) is 1.88. The summed E-state index contributed by atoms with van der Waals surface area (Å²) in [6.07, 6.45) is 5.08. The average Bonchev–Trinajstić information content (AvgIpc) is 2.61. The van der Waals surface area contributed by atoms with E-state index in [1.54, 1.807) is 0 Å². The molecule has 0 amide bonds. The molecule has 0 aliphatic carbocycles. The summed E-state index contributed by atoms with van der Waals surface area (Å²) in [5, 5.41) is 0. The molecule has 1 rings (SSSR count). The van der Waals surface area contributed by atoms with Crippen molar-refractivity contribution >= 4 is 0 Å². The van der Waals surface area contributed by atoms with Crippen LogP contribution in [0.3, 0.4) is 0 Å². The summed E-state index contributed by atoms with van der Waals surface area (Å²) in [4.78, 5) is 9.95. The van der Waals surface area contributed by atoms with Gasteiger partial charge in [0, 0.05) is 5.41 Å². The molecule has 64 valence electrons. The van der Waals surface area contributed by atoms with Crippen molar-refractivity contribution in [2.45, 2.75) is 39.9 Å². The lowest BCUT2D eigenvalue weighted by atomic mass is 9.86.